The molecule has 1 amide bonds. The highest BCUT2D eigenvalue weighted by Gasteiger charge is 2.21. The predicted octanol–water partition coefficient (Wildman–Crippen LogP) is 0.234. The monoisotopic (exact) mass is 378 g/mol. The number of hydrogen-bond donors (Lipinski definition) is 2. The zero-order chi connectivity index (χ0) is 18.4. The molecule has 0 aliphatic heterocycles. The van der Waals surface area contributed by atoms with Crippen molar-refractivity contribution in [2.45, 2.75) is 6.92 Å². The molecule has 0 spiro atoms. The molecule has 0 radical (unpaired) electrons. The van der Waals surface area contributed by atoms with Crippen LogP contribution in [-0.2, 0) is 24.7 Å². The number of amides is 1. The Kier molecular flexibility index (Phi) is 7.03. The summed E-state index contributed by atoms with van der Waals surface area (Å²) in [6.45, 7) is 1.41. The van der Waals surface area contributed by atoms with Gasteiger partial charge in [-0.15, -0.1) is 0 Å². The standard InChI is InChI=1S/C14H22N2O6S2/c1-11(14(17)15-7-8-23(3,18)19)10-24(20,21)16-12-5-4-6-13(9-12)22-2/h4-6,9,11,16H,7-8,10H2,1-3H3,(H,15,17). The van der Waals surface area contributed by atoms with Crippen molar-refractivity contribution in [3.8, 4) is 5.75 Å². The van der Waals surface area contributed by atoms with Crippen LogP contribution in [-0.4, -0.2) is 54.2 Å². The number of anilines is 1. The van der Waals surface area contributed by atoms with Crippen molar-refractivity contribution in [2.24, 2.45) is 5.92 Å². The van der Waals surface area contributed by atoms with Gasteiger partial charge < -0.3 is 10.1 Å². The summed E-state index contributed by atoms with van der Waals surface area (Å²) >= 11 is 0. The molecule has 1 unspecified atom stereocenters. The molecule has 8 nitrogen and oxygen atoms in total. The lowest BCUT2D eigenvalue weighted by molar-refractivity contribution is -0.123. The zero-order valence-electron chi connectivity index (χ0n) is 13.8. The molecular weight excluding hydrogens is 356 g/mol. The molecule has 136 valence electrons. The number of methoxy groups -OCH3 is 1. The molecule has 0 fully saturated rings. The molecule has 0 saturated carbocycles. The Hall–Kier alpha value is -1.81. The summed E-state index contributed by atoms with van der Waals surface area (Å²) in [5.41, 5.74) is 0.332. The Labute approximate surface area is 142 Å². The highest BCUT2D eigenvalue weighted by molar-refractivity contribution is 7.92. The van der Waals surface area contributed by atoms with Gasteiger partial charge in [0, 0.05) is 18.9 Å². The second kappa shape index (κ2) is 8.34. The minimum Gasteiger partial charge on any atom is -0.497 e. The van der Waals surface area contributed by atoms with Gasteiger partial charge in [-0.25, -0.2) is 16.8 Å². The third kappa shape index (κ3) is 7.64. The molecule has 0 aromatic heterocycles. The summed E-state index contributed by atoms with van der Waals surface area (Å²) in [5, 5.41) is 2.41. The Balaban J connectivity index is 2.60. The molecule has 10 heteroatoms. The normalized spacial score (nSPS) is 13.1. The number of sulfone groups is 1. The van der Waals surface area contributed by atoms with E-state index >= 15 is 0 Å². The summed E-state index contributed by atoms with van der Waals surface area (Å²) in [4.78, 5) is 11.8. The average Bonchev–Trinajstić information content (AvgIpc) is 2.44. The Morgan fingerprint density at radius 1 is 1.25 bits per heavy atom. The van der Waals surface area contributed by atoms with Gasteiger partial charge in [0.2, 0.25) is 15.9 Å². The largest absolute Gasteiger partial charge is 0.497 e. The number of ether oxygens (including phenoxy) is 1. The maximum atomic E-state index is 12.1. The molecule has 0 heterocycles. The molecule has 1 atom stereocenters. The Morgan fingerprint density at radius 2 is 1.92 bits per heavy atom. The van der Waals surface area contributed by atoms with Gasteiger partial charge >= 0.3 is 0 Å². The number of sulfonamides is 1. The van der Waals surface area contributed by atoms with E-state index in [1.165, 1.54) is 20.1 Å². The summed E-state index contributed by atoms with van der Waals surface area (Å²) in [6, 6.07) is 6.40. The topological polar surface area (TPSA) is 119 Å². The van der Waals surface area contributed by atoms with Crippen molar-refractivity contribution in [2.75, 3.05) is 36.1 Å². The van der Waals surface area contributed by atoms with Gasteiger partial charge in [-0.05, 0) is 12.1 Å². The van der Waals surface area contributed by atoms with Gasteiger partial charge in [-0.1, -0.05) is 13.0 Å². The smallest absolute Gasteiger partial charge is 0.233 e. The fraction of sp³-hybridized carbons (Fsp3) is 0.500. The van der Waals surface area contributed by atoms with Gasteiger partial charge in [0.05, 0.1) is 30.2 Å². The number of nitrogens with one attached hydrogen (secondary N) is 2. The van der Waals surface area contributed by atoms with Crippen LogP contribution in [0.25, 0.3) is 0 Å². The molecule has 2 N–H and O–H groups in total. The summed E-state index contributed by atoms with van der Waals surface area (Å²) < 4.78 is 53.6. The number of rotatable bonds is 9. The third-order valence-electron chi connectivity index (χ3n) is 3.03. The van der Waals surface area contributed by atoms with Crippen molar-refractivity contribution >= 4 is 31.5 Å². The van der Waals surface area contributed by atoms with Gasteiger partial charge in [0.1, 0.15) is 15.6 Å². The second-order valence-electron chi connectivity index (χ2n) is 5.44. The van der Waals surface area contributed by atoms with Gasteiger partial charge in [0.25, 0.3) is 0 Å². The minimum absolute atomic E-state index is 0.0502. The van der Waals surface area contributed by atoms with Crippen molar-refractivity contribution < 1.29 is 26.4 Å². The number of carbonyl (C=O) groups excluding carboxylic acids is 1. The minimum atomic E-state index is -3.74. The van der Waals surface area contributed by atoms with E-state index in [-0.39, 0.29) is 12.3 Å². The molecule has 1 rings (SSSR count). The molecule has 1 aromatic rings. The van der Waals surface area contributed by atoms with E-state index < -0.39 is 37.4 Å². The van der Waals surface area contributed by atoms with Gasteiger partial charge in [-0.3, -0.25) is 9.52 Å². The van der Waals surface area contributed by atoms with Crippen LogP contribution in [0.15, 0.2) is 24.3 Å². The van der Waals surface area contributed by atoms with E-state index in [1.807, 2.05) is 0 Å². The van der Waals surface area contributed by atoms with E-state index in [1.54, 1.807) is 18.2 Å². The van der Waals surface area contributed by atoms with E-state index in [9.17, 15) is 21.6 Å². The predicted molar refractivity (Wildman–Crippen MR) is 92.3 cm³/mol. The van der Waals surface area contributed by atoms with Crippen LogP contribution in [0.1, 0.15) is 6.92 Å². The van der Waals surface area contributed by atoms with E-state index in [0.717, 1.165) is 6.26 Å². The van der Waals surface area contributed by atoms with Crippen LogP contribution in [0, 0.1) is 5.92 Å². The lowest BCUT2D eigenvalue weighted by atomic mass is 10.2. The van der Waals surface area contributed by atoms with Crippen LogP contribution >= 0.6 is 0 Å². The number of carbonyl (C=O) groups is 1. The maximum absolute atomic E-state index is 12.1. The fourth-order valence-corrected chi connectivity index (χ4v) is 3.70. The first-order chi connectivity index (χ1) is 11.0. The first-order valence-electron chi connectivity index (χ1n) is 7.12. The van der Waals surface area contributed by atoms with Crippen LogP contribution < -0.4 is 14.8 Å². The zero-order valence-corrected chi connectivity index (χ0v) is 15.4. The van der Waals surface area contributed by atoms with E-state index in [0.29, 0.717) is 11.4 Å². The molecule has 0 aliphatic carbocycles. The van der Waals surface area contributed by atoms with Crippen LogP contribution in [0.5, 0.6) is 5.75 Å². The lowest BCUT2D eigenvalue weighted by Gasteiger charge is -2.14. The molecule has 0 bridgehead atoms. The van der Waals surface area contributed by atoms with E-state index in [2.05, 4.69) is 10.0 Å². The number of benzene rings is 1. The SMILES string of the molecule is COc1cccc(NS(=O)(=O)CC(C)C(=O)NCCS(C)(=O)=O)c1. The summed E-state index contributed by atoms with van der Waals surface area (Å²) in [6.07, 6.45) is 1.06. The third-order valence-corrected chi connectivity index (χ3v) is 5.46. The van der Waals surface area contributed by atoms with Crippen LogP contribution in [0.2, 0.25) is 0 Å². The molecule has 1 aromatic carbocycles. The van der Waals surface area contributed by atoms with Crippen molar-refractivity contribution in [3.05, 3.63) is 24.3 Å². The molecule has 0 aliphatic rings. The summed E-state index contributed by atoms with van der Waals surface area (Å²) in [5.74, 6) is -1.46. The molecule has 24 heavy (non-hydrogen) atoms. The van der Waals surface area contributed by atoms with Gasteiger partial charge in [-0.2, -0.15) is 0 Å². The lowest BCUT2D eigenvalue weighted by Crippen LogP contribution is -2.36. The van der Waals surface area contributed by atoms with Crippen LogP contribution in [0.4, 0.5) is 5.69 Å². The maximum Gasteiger partial charge on any atom is 0.233 e. The first-order valence-corrected chi connectivity index (χ1v) is 10.8. The Morgan fingerprint density at radius 3 is 2.50 bits per heavy atom. The van der Waals surface area contributed by atoms with Crippen LogP contribution in [0.3, 0.4) is 0 Å². The number of hydrogen-bond acceptors (Lipinski definition) is 6. The molecule has 0 saturated heterocycles. The second-order valence-corrected chi connectivity index (χ2v) is 9.46. The highest BCUT2D eigenvalue weighted by Crippen LogP contribution is 2.18. The van der Waals surface area contributed by atoms with Crippen molar-refractivity contribution in [3.63, 3.8) is 0 Å². The first kappa shape index (κ1) is 20.2. The fourth-order valence-electron chi connectivity index (χ4n) is 1.85. The summed E-state index contributed by atoms with van der Waals surface area (Å²) in [7, 11) is -5.46. The highest BCUT2D eigenvalue weighted by atomic mass is 32.2. The van der Waals surface area contributed by atoms with Crippen molar-refractivity contribution in [1.82, 2.24) is 5.32 Å². The van der Waals surface area contributed by atoms with Crippen molar-refractivity contribution in [1.29, 1.82) is 0 Å². The Bertz CT molecular complexity index is 774. The molecular formula is C14H22N2O6S2. The van der Waals surface area contributed by atoms with Gasteiger partial charge in [0.15, 0.2) is 0 Å². The van der Waals surface area contributed by atoms with E-state index in [4.69, 9.17) is 4.74 Å². The quantitative estimate of drug-likeness (QED) is 0.635. The average molecular weight is 378 g/mol.